The molecule has 11 heteroatoms. The molecule has 0 spiro atoms. The maximum Gasteiger partial charge on any atom is 0.328 e. The van der Waals surface area contributed by atoms with Gasteiger partial charge >= 0.3 is 5.97 Å². The smallest absolute Gasteiger partial charge is 0.328 e. The van der Waals surface area contributed by atoms with Gasteiger partial charge in [-0.05, 0) is 50.7 Å². The number of aromatic nitrogens is 1. The van der Waals surface area contributed by atoms with Gasteiger partial charge in [-0.1, -0.05) is 32.4 Å². The number of methoxy groups -OCH3 is 2. The Morgan fingerprint density at radius 2 is 1.89 bits per heavy atom. The first kappa shape index (κ1) is 29.3. The average molecular weight is 549 g/mol. The van der Waals surface area contributed by atoms with Gasteiger partial charge in [0.25, 0.3) is 5.91 Å². The van der Waals surface area contributed by atoms with Gasteiger partial charge in [-0.3, -0.25) is 14.4 Å². The molecule has 208 valence electrons. The van der Waals surface area contributed by atoms with E-state index in [1.54, 1.807) is 12.1 Å². The zero-order valence-electron chi connectivity index (χ0n) is 22.9. The summed E-state index contributed by atoms with van der Waals surface area (Å²) in [6, 6.07) is 2.19. The van der Waals surface area contributed by atoms with Gasteiger partial charge in [0.2, 0.25) is 11.8 Å². The van der Waals surface area contributed by atoms with Crippen molar-refractivity contribution in [1.29, 1.82) is 0 Å². The molecule has 0 saturated carbocycles. The summed E-state index contributed by atoms with van der Waals surface area (Å²) in [6.45, 7) is 9.67. The van der Waals surface area contributed by atoms with Gasteiger partial charge in [-0.25, -0.2) is 4.79 Å². The van der Waals surface area contributed by atoms with E-state index in [4.69, 9.17) is 26.8 Å². The van der Waals surface area contributed by atoms with Gasteiger partial charge in [-0.2, -0.15) is 0 Å². The molecule has 38 heavy (non-hydrogen) atoms. The van der Waals surface area contributed by atoms with E-state index >= 15 is 0 Å². The molecule has 0 radical (unpaired) electrons. The van der Waals surface area contributed by atoms with Gasteiger partial charge in [0, 0.05) is 22.4 Å². The minimum absolute atomic E-state index is 0.0299. The molecular weight excluding hydrogens is 512 g/mol. The molecule has 1 saturated heterocycles. The molecule has 2 aromatic rings. The Morgan fingerprint density at radius 3 is 2.39 bits per heavy atom. The number of rotatable bonds is 9. The van der Waals surface area contributed by atoms with Gasteiger partial charge in [-0.15, -0.1) is 0 Å². The quantitative estimate of drug-likeness (QED) is 0.352. The van der Waals surface area contributed by atoms with Gasteiger partial charge in [0.05, 0.1) is 30.7 Å². The van der Waals surface area contributed by atoms with Crippen LogP contribution in [-0.2, 0) is 19.1 Å². The molecule has 10 nitrogen and oxygen atoms in total. The molecule has 2 heterocycles. The Labute approximate surface area is 227 Å². The van der Waals surface area contributed by atoms with Gasteiger partial charge in [0.15, 0.2) is 0 Å². The highest BCUT2D eigenvalue weighted by molar-refractivity contribution is 6.35. The Kier molecular flexibility index (Phi) is 8.36. The van der Waals surface area contributed by atoms with E-state index in [0.29, 0.717) is 40.1 Å². The van der Waals surface area contributed by atoms with Crippen molar-refractivity contribution in [2.24, 2.45) is 17.1 Å². The number of nitrogens with two attached hydrogens (primary N) is 1. The third kappa shape index (κ3) is 6.23. The third-order valence-corrected chi connectivity index (χ3v) is 7.08. The fourth-order valence-electron chi connectivity index (χ4n) is 5.22. The topological polar surface area (TPSA) is 153 Å². The molecule has 1 aliphatic heterocycles. The Hall–Kier alpha value is -3.27. The van der Waals surface area contributed by atoms with Crippen molar-refractivity contribution in [1.82, 2.24) is 15.6 Å². The molecule has 0 unspecified atom stereocenters. The molecule has 1 aromatic carbocycles. The molecule has 3 amide bonds. The van der Waals surface area contributed by atoms with Crippen LogP contribution in [0.15, 0.2) is 12.1 Å². The first-order valence-electron chi connectivity index (χ1n) is 12.5. The van der Waals surface area contributed by atoms with E-state index in [1.165, 1.54) is 14.2 Å². The van der Waals surface area contributed by atoms with Gasteiger partial charge < -0.3 is 30.8 Å². The minimum Gasteiger partial charge on any atom is -0.496 e. The minimum atomic E-state index is -1.08. The normalized spacial score (nSPS) is 18.5. The molecule has 0 bridgehead atoms. The van der Waals surface area contributed by atoms with Crippen molar-refractivity contribution in [2.75, 3.05) is 14.2 Å². The van der Waals surface area contributed by atoms with E-state index in [-0.39, 0.29) is 23.4 Å². The molecule has 3 atom stereocenters. The largest absolute Gasteiger partial charge is 0.496 e. The average Bonchev–Trinajstić information content (AvgIpc) is 3.33. The number of amides is 3. The van der Waals surface area contributed by atoms with E-state index in [2.05, 4.69) is 15.6 Å². The highest BCUT2D eigenvalue weighted by atomic mass is 35.5. The fraction of sp³-hybridized carbons (Fsp3) is 0.556. The second-order valence-corrected chi connectivity index (χ2v) is 12.1. The number of esters is 1. The van der Waals surface area contributed by atoms with Crippen LogP contribution in [0, 0.1) is 11.3 Å². The lowest BCUT2D eigenvalue weighted by molar-refractivity contribution is -0.146. The number of aromatic amines is 1. The lowest BCUT2D eigenvalue weighted by Crippen LogP contribution is -2.46. The summed E-state index contributed by atoms with van der Waals surface area (Å²) in [6.07, 6.45) is 0.874. The molecule has 1 aliphatic rings. The maximum atomic E-state index is 14.0. The Bertz CT molecular complexity index is 1260. The van der Waals surface area contributed by atoms with Crippen molar-refractivity contribution in [3.63, 3.8) is 0 Å². The van der Waals surface area contributed by atoms with Crippen LogP contribution in [0.3, 0.4) is 0 Å². The molecule has 0 aliphatic carbocycles. The van der Waals surface area contributed by atoms with Crippen molar-refractivity contribution in [3.8, 4) is 5.75 Å². The first-order valence-corrected chi connectivity index (χ1v) is 12.8. The number of primary amides is 1. The summed E-state index contributed by atoms with van der Waals surface area (Å²) in [5, 5.41) is 6.50. The van der Waals surface area contributed by atoms with Crippen molar-refractivity contribution >= 4 is 46.2 Å². The zero-order chi connectivity index (χ0) is 28.6. The molecule has 5 N–H and O–H groups in total. The van der Waals surface area contributed by atoms with Crippen LogP contribution in [0.2, 0.25) is 5.02 Å². The number of carbonyl (C=O) groups excluding carboxylic acids is 4. The monoisotopic (exact) mass is 548 g/mol. The van der Waals surface area contributed by atoms with E-state index in [9.17, 15) is 19.2 Å². The van der Waals surface area contributed by atoms with E-state index in [1.807, 2.05) is 34.6 Å². The second-order valence-electron chi connectivity index (χ2n) is 11.7. The number of halogens is 1. The number of hydrogen-bond donors (Lipinski definition) is 4. The second kappa shape index (κ2) is 10.8. The summed E-state index contributed by atoms with van der Waals surface area (Å²) in [5.74, 6) is -3.13. The van der Waals surface area contributed by atoms with Crippen LogP contribution in [0.1, 0.15) is 75.9 Å². The van der Waals surface area contributed by atoms with Crippen LogP contribution in [-0.4, -0.2) is 54.5 Å². The highest BCUT2D eigenvalue weighted by Crippen LogP contribution is 2.43. The molecule has 1 aromatic heterocycles. The third-order valence-electron chi connectivity index (χ3n) is 6.76. The zero-order valence-corrected chi connectivity index (χ0v) is 23.7. The summed E-state index contributed by atoms with van der Waals surface area (Å²) in [5.41, 5.74) is 5.72. The lowest BCUT2D eigenvalue weighted by Gasteiger charge is -2.28. The standard InChI is InChI=1S/C27H37ClN4O6/c1-26(2,3)12-14(18-19-17(37-6)9-8-15(28)20(19)31-21(18)22(29)33)24(35)30-16(25(36)38-7)10-13-11-27(4,5)32-23(13)34/h8-9,13-14,16,31H,10-12H2,1-7H3,(H2,29,33)(H,30,35)(H,32,34)/t13-,14+,16+/m1/s1. The first-order chi connectivity index (χ1) is 17.6. The number of nitrogens with one attached hydrogen (secondary N) is 3. The SMILES string of the molecule is COC(=O)[C@H](C[C@@H]1CC(C)(C)NC1=O)NC(=O)[C@@H](CC(C)(C)C)c1c(C(N)=O)[nH]c2c(Cl)ccc(OC)c12. The summed E-state index contributed by atoms with van der Waals surface area (Å²) >= 11 is 6.43. The van der Waals surface area contributed by atoms with Crippen molar-refractivity contribution in [3.05, 3.63) is 28.4 Å². The molecular formula is C27H37ClN4O6. The molecule has 3 rings (SSSR count). The van der Waals surface area contributed by atoms with Crippen LogP contribution >= 0.6 is 11.6 Å². The molecule has 1 fully saturated rings. The van der Waals surface area contributed by atoms with Crippen LogP contribution in [0.25, 0.3) is 10.9 Å². The summed E-state index contributed by atoms with van der Waals surface area (Å²) in [4.78, 5) is 54.8. The number of hydrogen-bond acceptors (Lipinski definition) is 6. The lowest BCUT2D eigenvalue weighted by atomic mass is 9.79. The summed E-state index contributed by atoms with van der Waals surface area (Å²) < 4.78 is 10.5. The highest BCUT2D eigenvalue weighted by Gasteiger charge is 2.41. The van der Waals surface area contributed by atoms with E-state index < -0.39 is 41.2 Å². The maximum absolute atomic E-state index is 14.0. The summed E-state index contributed by atoms with van der Waals surface area (Å²) in [7, 11) is 2.70. The number of carbonyl (C=O) groups is 4. The number of fused-ring (bicyclic) bond motifs is 1. The number of H-pyrrole nitrogens is 1. The Morgan fingerprint density at radius 1 is 1.24 bits per heavy atom. The van der Waals surface area contributed by atoms with Crippen molar-refractivity contribution < 1.29 is 28.7 Å². The predicted octanol–water partition coefficient (Wildman–Crippen LogP) is 3.41. The van der Waals surface area contributed by atoms with E-state index in [0.717, 1.165) is 0 Å². The fourth-order valence-corrected chi connectivity index (χ4v) is 5.42. The van der Waals surface area contributed by atoms with Crippen LogP contribution in [0.5, 0.6) is 5.75 Å². The van der Waals surface area contributed by atoms with Crippen LogP contribution < -0.4 is 21.1 Å². The Balaban J connectivity index is 2.10. The number of ether oxygens (including phenoxy) is 2. The van der Waals surface area contributed by atoms with Gasteiger partial charge in [0.1, 0.15) is 17.5 Å². The number of benzene rings is 1. The van der Waals surface area contributed by atoms with Crippen molar-refractivity contribution in [2.45, 2.75) is 71.4 Å². The van der Waals surface area contributed by atoms with Crippen LogP contribution in [0.4, 0.5) is 0 Å². The predicted molar refractivity (Wildman–Crippen MR) is 144 cm³/mol.